The largest absolute Gasteiger partial charge is 0.380 e. The lowest BCUT2D eigenvalue weighted by Crippen LogP contribution is -2.37. The van der Waals surface area contributed by atoms with Gasteiger partial charge in [0.25, 0.3) is 0 Å². The number of fused-ring (bicyclic) bond motifs is 5. The van der Waals surface area contributed by atoms with Gasteiger partial charge in [-0.2, -0.15) is 0 Å². The predicted octanol–water partition coefficient (Wildman–Crippen LogP) is 12.3. The van der Waals surface area contributed by atoms with Gasteiger partial charge in [-0.15, -0.1) is 0 Å². The topological polar surface area (TPSA) is 55.3 Å². The molecule has 0 aromatic heterocycles. The van der Waals surface area contributed by atoms with E-state index in [1.54, 1.807) is 0 Å². The first-order valence-corrected chi connectivity index (χ1v) is 22.3. The monoisotopic (exact) mass is 804 g/mol. The zero-order valence-electron chi connectivity index (χ0n) is 34.7. The maximum Gasteiger partial charge on any atom is 0.169 e. The minimum absolute atomic E-state index is 0.292. The van der Waals surface area contributed by atoms with Crippen LogP contribution >= 0.6 is 0 Å². The Bertz CT molecular complexity index is 2830. The second kappa shape index (κ2) is 15.4. The van der Waals surface area contributed by atoms with Gasteiger partial charge < -0.3 is 20.4 Å². The number of nitrogens with zero attached hydrogens (tertiary/aromatic N) is 4. The fourth-order valence-electron chi connectivity index (χ4n) is 10.6. The molecule has 6 nitrogen and oxygen atoms in total. The molecule has 4 heterocycles. The number of aliphatic imine (C=N–C) groups is 2. The molecule has 7 aliphatic rings. The quantitative estimate of drug-likeness (QED) is 0.168. The number of hydrogen-bond acceptors (Lipinski definition) is 6. The van der Waals surface area contributed by atoms with Crippen LogP contribution in [0.1, 0.15) is 72.5 Å². The summed E-state index contributed by atoms with van der Waals surface area (Å²) in [5, 5.41) is 7.22. The van der Waals surface area contributed by atoms with Crippen molar-refractivity contribution < 1.29 is 0 Å². The summed E-state index contributed by atoms with van der Waals surface area (Å²) in [6.45, 7) is 0.811. The highest BCUT2D eigenvalue weighted by Crippen LogP contribution is 2.54. The molecule has 62 heavy (non-hydrogen) atoms. The molecule has 5 aromatic carbocycles. The summed E-state index contributed by atoms with van der Waals surface area (Å²) in [6, 6.07) is 48.1. The van der Waals surface area contributed by atoms with Crippen molar-refractivity contribution in [2.24, 2.45) is 15.9 Å². The molecule has 0 saturated carbocycles. The Morgan fingerprint density at radius 1 is 0.597 bits per heavy atom. The van der Waals surface area contributed by atoms with Crippen molar-refractivity contribution in [3.05, 3.63) is 232 Å². The number of allylic oxidation sites excluding steroid dienone is 8. The van der Waals surface area contributed by atoms with Crippen LogP contribution in [-0.2, 0) is 0 Å². The second-order valence-corrected chi connectivity index (χ2v) is 17.1. The smallest absolute Gasteiger partial charge is 0.169 e. The average molecular weight is 805 g/mol. The molecule has 0 radical (unpaired) electrons. The summed E-state index contributed by atoms with van der Waals surface area (Å²) >= 11 is 0. The molecule has 0 fully saturated rings. The van der Waals surface area contributed by atoms with Crippen molar-refractivity contribution in [2.45, 2.75) is 50.7 Å². The summed E-state index contributed by atoms with van der Waals surface area (Å²) in [7, 11) is 0. The van der Waals surface area contributed by atoms with Gasteiger partial charge in [0.05, 0.1) is 5.70 Å². The van der Waals surface area contributed by atoms with Crippen LogP contribution in [0.5, 0.6) is 0 Å². The number of para-hydroxylation sites is 1. The van der Waals surface area contributed by atoms with E-state index in [4.69, 9.17) is 9.98 Å². The molecule has 302 valence electrons. The van der Waals surface area contributed by atoms with Crippen molar-refractivity contribution >= 4 is 40.4 Å². The van der Waals surface area contributed by atoms with E-state index < -0.39 is 0 Å². The predicted molar refractivity (Wildman–Crippen MR) is 256 cm³/mol. The molecular formula is C56H48N6. The van der Waals surface area contributed by atoms with Crippen molar-refractivity contribution in [3.63, 3.8) is 0 Å². The third kappa shape index (κ3) is 6.32. The van der Waals surface area contributed by atoms with Gasteiger partial charge in [0.1, 0.15) is 11.7 Å². The molecule has 0 bridgehead atoms. The van der Waals surface area contributed by atoms with E-state index in [1.807, 2.05) is 12.1 Å². The van der Waals surface area contributed by atoms with E-state index >= 15 is 0 Å². The fraction of sp³-hybridized carbons (Fsp3) is 0.179. The molecule has 4 aliphatic heterocycles. The Labute approximate surface area is 364 Å². The van der Waals surface area contributed by atoms with Crippen molar-refractivity contribution in [1.82, 2.24) is 5.32 Å². The minimum Gasteiger partial charge on any atom is -0.380 e. The zero-order valence-corrected chi connectivity index (χ0v) is 34.7. The number of rotatable bonds is 6. The van der Waals surface area contributed by atoms with E-state index in [-0.39, 0.29) is 6.17 Å². The van der Waals surface area contributed by atoms with Crippen molar-refractivity contribution in [3.8, 4) is 0 Å². The van der Waals surface area contributed by atoms with E-state index in [0.717, 1.165) is 73.4 Å². The Kier molecular flexibility index (Phi) is 9.09. The third-order valence-corrected chi connectivity index (χ3v) is 13.5. The SMILES string of the molecule is C1=CC2=C(CC1)N(c1cccc(C3=Cc4ccccc4NC3)c1)C1=C(C=CCC1)C1=C2C2C=CCCC2N1c1ccc(C2N=C(c3ccccc3)NC(c3ccccc3)=N2)cc1. The summed E-state index contributed by atoms with van der Waals surface area (Å²) < 4.78 is 0. The van der Waals surface area contributed by atoms with Gasteiger partial charge in [-0.3, -0.25) is 0 Å². The van der Waals surface area contributed by atoms with E-state index in [2.05, 4.69) is 184 Å². The maximum atomic E-state index is 5.19. The van der Waals surface area contributed by atoms with Gasteiger partial charge in [0, 0.05) is 63.7 Å². The molecular weight excluding hydrogens is 757 g/mol. The lowest BCUT2D eigenvalue weighted by atomic mass is 9.81. The van der Waals surface area contributed by atoms with Crippen LogP contribution in [0.2, 0.25) is 0 Å². The lowest BCUT2D eigenvalue weighted by molar-refractivity contribution is 0.523. The summed E-state index contributed by atoms with van der Waals surface area (Å²) in [6.07, 6.45) is 22.9. The van der Waals surface area contributed by atoms with Crippen LogP contribution in [-0.4, -0.2) is 24.3 Å². The van der Waals surface area contributed by atoms with Crippen LogP contribution in [0.3, 0.4) is 0 Å². The fourth-order valence-corrected chi connectivity index (χ4v) is 10.6. The Morgan fingerprint density at radius 2 is 1.27 bits per heavy atom. The minimum atomic E-state index is -0.373. The van der Waals surface area contributed by atoms with Crippen LogP contribution in [0, 0.1) is 5.92 Å². The van der Waals surface area contributed by atoms with Crippen molar-refractivity contribution in [1.29, 1.82) is 0 Å². The number of benzene rings is 5. The highest BCUT2D eigenvalue weighted by atomic mass is 15.2. The lowest BCUT2D eigenvalue weighted by Gasteiger charge is -2.38. The zero-order chi connectivity index (χ0) is 41.0. The maximum absolute atomic E-state index is 5.19. The van der Waals surface area contributed by atoms with Gasteiger partial charge in [-0.25, -0.2) is 9.98 Å². The van der Waals surface area contributed by atoms with Crippen molar-refractivity contribution in [2.75, 3.05) is 21.7 Å². The highest BCUT2D eigenvalue weighted by molar-refractivity contribution is 6.15. The van der Waals surface area contributed by atoms with E-state index in [1.165, 1.54) is 67.6 Å². The van der Waals surface area contributed by atoms with Gasteiger partial charge >= 0.3 is 0 Å². The first kappa shape index (κ1) is 36.7. The number of nitrogens with one attached hydrogen (secondary N) is 2. The molecule has 2 atom stereocenters. The van der Waals surface area contributed by atoms with Gasteiger partial charge in [-0.05, 0) is 108 Å². The molecule has 0 spiro atoms. The molecule has 2 N–H and O–H groups in total. The molecule has 3 aliphatic carbocycles. The Morgan fingerprint density at radius 3 is 2.03 bits per heavy atom. The van der Waals surface area contributed by atoms with Crippen LogP contribution in [0.25, 0.3) is 11.6 Å². The Balaban J connectivity index is 0.966. The summed E-state index contributed by atoms with van der Waals surface area (Å²) in [5.41, 5.74) is 19.1. The highest BCUT2D eigenvalue weighted by Gasteiger charge is 2.46. The standard InChI is InChI=1S/C56H48N6/c1-3-16-37(17-4-1)54-58-55(38-18-5-2-6-19-38)60-56(59-54)39-30-32-43(33-31-39)62-50-28-13-9-24-46(50)52-45-23-8-12-27-49(45)61(51-29-14-10-25-47(51)53(52)62)44-22-15-21-40(35-44)42-34-41-20-7-11-26-48(41)57-36-42/h1-11,15-26,30-35,46,50,56-57H,12-14,27-29,36H2,(H,58,59,60). The molecule has 0 saturated heterocycles. The molecule has 0 amide bonds. The number of anilines is 3. The molecule has 6 heteroatoms. The van der Waals surface area contributed by atoms with Crippen LogP contribution in [0.15, 0.2) is 214 Å². The number of hydrogen-bond donors (Lipinski definition) is 2. The first-order valence-electron chi connectivity index (χ1n) is 22.3. The molecule has 2 unspecified atom stereocenters. The van der Waals surface area contributed by atoms with Crippen LogP contribution < -0.4 is 20.4 Å². The average Bonchev–Trinajstić information content (AvgIpc) is 3.63. The van der Waals surface area contributed by atoms with Gasteiger partial charge in [-0.1, -0.05) is 140 Å². The van der Waals surface area contributed by atoms with Crippen LogP contribution in [0.4, 0.5) is 17.1 Å². The molecule has 5 aromatic rings. The third-order valence-electron chi connectivity index (χ3n) is 13.5. The normalized spacial score (nSPS) is 21.5. The summed E-state index contributed by atoms with van der Waals surface area (Å²) in [4.78, 5) is 15.8. The van der Waals surface area contributed by atoms with E-state index in [0.29, 0.717) is 12.0 Å². The first-order chi connectivity index (χ1) is 30.7. The second-order valence-electron chi connectivity index (χ2n) is 17.1. The Hall–Kier alpha value is -7.18. The van der Waals surface area contributed by atoms with Gasteiger partial charge in [0.2, 0.25) is 0 Å². The van der Waals surface area contributed by atoms with E-state index in [9.17, 15) is 0 Å². The summed E-state index contributed by atoms with van der Waals surface area (Å²) in [5.74, 6) is 1.96. The molecule has 12 rings (SSSR count). The number of amidine groups is 2. The van der Waals surface area contributed by atoms with Gasteiger partial charge in [0.15, 0.2) is 6.17 Å².